The van der Waals surface area contributed by atoms with E-state index in [1.807, 2.05) is 0 Å². The Morgan fingerprint density at radius 3 is 2.82 bits per heavy atom. The van der Waals surface area contributed by atoms with Crippen LogP contribution >= 0.6 is 0 Å². The zero-order chi connectivity index (χ0) is 12.2. The van der Waals surface area contributed by atoms with Gasteiger partial charge in [-0.15, -0.1) is 0 Å². The van der Waals surface area contributed by atoms with Crippen molar-refractivity contribution in [2.45, 2.75) is 37.5 Å². The Labute approximate surface area is 99.8 Å². The lowest BCUT2D eigenvalue weighted by Crippen LogP contribution is -2.40. The van der Waals surface area contributed by atoms with Gasteiger partial charge in [-0.2, -0.15) is 0 Å². The molecule has 2 heterocycles. The van der Waals surface area contributed by atoms with E-state index in [0.717, 1.165) is 12.8 Å². The van der Waals surface area contributed by atoms with Gasteiger partial charge < -0.3 is 16.2 Å². The van der Waals surface area contributed by atoms with Gasteiger partial charge in [-0.25, -0.2) is 4.39 Å². The largest absolute Gasteiger partial charge is 0.396 e. The molecule has 1 aromatic rings. The summed E-state index contributed by atoms with van der Waals surface area (Å²) in [6, 6.07) is 4.75. The number of benzene rings is 1. The molecule has 92 valence electrons. The molecule has 17 heavy (non-hydrogen) atoms. The molecule has 0 aromatic heterocycles. The summed E-state index contributed by atoms with van der Waals surface area (Å²) < 4.78 is 13.8. The normalized spacial score (nSPS) is 36.6. The first-order valence-electron chi connectivity index (χ1n) is 6.00. The molecule has 2 bridgehead atoms. The van der Waals surface area contributed by atoms with Crippen molar-refractivity contribution in [2.24, 2.45) is 5.92 Å². The third-order valence-electron chi connectivity index (χ3n) is 4.17. The van der Waals surface area contributed by atoms with Crippen LogP contribution in [-0.4, -0.2) is 16.7 Å². The minimum Gasteiger partial charge on any atom is -0.396 e. The maximum Gasteiger partial charge on any atom is 0.151 e. The molecule has 0 radical (unpaired) electrons. The summed E-state index contributed by atoms with van der Waals surface area (Å²) in [6.45, 7) is 2.14. The van der Waals surface area contributed by atoms with Gasteiger partial charge in [0.2, 0.25) is 0 Å². The fourth-order valence-electron chi connectivity index (χ4n) is 3.32. The third kappa shape index (κ3) is 1.55. The first-order chi connectivity index (χ1) is 8.00. The quantitative estimate of drug-likeness (QED) is 0.683. The van der Waals surface area contributed by atoms with Gasteiger partial charge >= 0.3 is 0 Å². The fraction of sp³-hybridized carbons (Fsp3) is 0.538. The van der Waals surface area contributed by atoms with Crippen LogP contribution in [0.4, 0.5) is 10.1 Å². The monoisotopic (exact) mass is 236 g/mol. The van der Waals surface area contributed by atoms with Crippen LogP contribution < -0.4 is 11.1 Å². The maximum atomic E-state index is 13.8. The van der Waals surface area contributed by atoms with Gasteiger partial charge in [0.15, 0.2) is 5.82 Å². The second-order valence-corrected chi connectivity index (χ2v) is 5.59. The zero-order valence-corrected chi connectivity index (χ0v) is 9.78. The number of nitrogens with two attached hydrogens (primary N) is 1. The number of nitrogens with one attached hydrogen (secondary N) is 1. The van der Waals surface area contributed by atoms with E-state index in [9.17, 15) is 9.50 Å². The number of hydrogen-bond acceptors (Lipinski definition) is 3. The van der Waals surface area contributed by atoms with Crippen molar-refractivity contribution in [1.82, 2.24) is 5.32 Å². The molecule has 1 aromatic carbocycles. The molecule has 1 unspecified atom stereocenters. The van der Waals surface area contributed by atoms with Crippen molar-refractivity contribution in [3.8, 4) is 0 Å². The topological polar surface area (TPSA) is 58.3 Å². The number of rotatable bonds is 2. The molecule has 4 heteroatoms. The van der Waals surface area contributed by atoms with E-state index in [-0.39, 0.29) is 17.3 Å². The van der Waals surface area contributed by atoms with Crippen molar-refractivity contribution in [2.75, 3.05) is 5.73 Å². The number of fused-ring (bicyclic) bond motifs is 1. The van der Waals surface area contributed by atoms with Gasteiger partial charge in [0.25, 0.3) is 0 Å². The van der Waals surface area contributed by atoms with Crippen LogP contribution in [0.5, 0.6) is 0 Å². The van der Waals surface area contributed by atoms with Gasteiger partial charge in [-0.1, -0.05) is 12.1 Å². The minimum atomic E-state index is -0.812. The van der Waals surface area contributed by atoms with Crippen LogP contribution in [0.15, 0.2) is 18.2 Å². The number of nitrogen functional groups attached to an aromatic ring is 1. The first-order valence-corrected chi connectivity index (χ1v) is 6.00. The molecule has 0 spiro atoms. The highest BCUT2D eigenvalue weighted by Gasteiger charge is 2.54. The van der Waals surface area contributed by atoms with E-state index in [0.29, 0.717) is 11.5 Å². The molecular weight excluding hydrogens is 219 g/mol. The van der Waals surface area contributed by atoms with Crippen molar-refractivity contribution < 1.29 is 9.50 Å². The summed E-state index contributed by atoms with van der Waals surface area (Å²) in [5, 5.41) is 13.7. The summed E-state index contributed by atoms with van der Waals surface area (Å²) in [6.07, 6.45) is 1.32. The van der Waals surface area contributed by atoms with Crippen molar-refractivity contribution in [3.05, 3.63) is 29.6 Å². The van der Waals surface area contributed by atoms with Crippen molar-refractivity contribution in [3.63, 3.8) is 0 Å². The summed E-state index contributed by atoms with van der Waals surface area (Å²) in [7, 11) is 0. The Kier molecular flexibility index (Phi) is 2.22. The number of aliphatic hydroxyl groups is 1. The SMILES string of the molecule is CC12CC(C1)[C@@H](C(O)c1cccc(N)c1F)N2. The predicted octanol–water partition coefficient (Wildman–Crippen LogP) is 1.58. The van der Waals surface area contributed by atoms with E-state index in [4.69, 9.17) is 5.73 Å². The molecule has 0 amide bonds. The Morgan fingerprint density at radius 1 is 1.53 bits per heavy atom. The van der Waals surface area contributed by atoms with E-state index in [1.165, 1.54) is 6.07 Å². The van der Waals surface area contributed by atoms with E-state index >= 15 is 0 Å². The molecule has 2 saturated heterocycles. The second-order valence-electron chi connectivity index (χ2n) is 5.59. The Balaban J connectivity index is 1.87. The lowest BCUT2D eigenvalue weighted by molar-refractivity contribution is 0.118. The Morgan fingerprint density at radius 2 is 2.24 bits per heavy atom. The first kappa shape index (κ1) is 11.0. The molecule has 1 saturated carbocycles. The number of aliphatic hydroxyl groups excluding tert-OH is 1. The molecule has 4 rings (SSSR count). The highest BCUT2D eigenvalue weighted by Crippen LogP contribution is 2.50. The molecule has 2 aliphatic heterocycles. The molecule has 4 N–H and O–H groups in total. The molecule has 2 atom stereocenters. The fourth-order valence-corrected chi connectivity index (χ4v) is 3.32. The lowest BCUT2D eigenvalue weighted by atomic mass is 9.72. The van der Waals surface area contributed by atoms with Gasteiger partial charge in [-0.05, 0) is 31.7 Å². The van der Waals surface area contributed by atoms with Crippen LogP contribution in [0.2, 0.25) is 0 Å². The molecule has 3 nitrogen and oxygen atoms in total. The highest BCUT2D eigenvalue weighted by molar-refractivity contribution is 5.44. The summed E-state index contributed by atoms with van der Waals surface area (Å²) in [4.78, 5) is 0. The van der Waals surface area contributed by atoms with Crippen LogP contribution in [0.3, 0.4) is 0 Å². The van der Waals surface area contributed by atoms with E-state index in [2.05, 4.69) is 12.2 Å². The summed E-state index contributed by atoms with van der Waals surface area (Å²) >= 11 is 0. The van der Waals surface area contributed by atoms with Gasteiger partial charge in [0, 0.05) is 17.1 Å². The molecule has 1 aliphatic carbocycles. The minimum absolute atomic E-state index is 0.0451. The van der Waals surface area contributed by atoms with Crippen LogP contribution in [0.25, 0.3) is 0 Å². The Hall–Kier alpha value is -1.13. The Bertz CT molecular complexity index is 457. The predicted molar refractivity (Wildman–Crippen MR) is 63.8 cm³/mol. The van der Waals surface area contributed by atoms with Crippen LogP contribution in [0, 0.1) is 11.7 Å². The van der Waals surface area contributed by atoms with E-state index < -0.39 is 11.9 Å². The maximum absolute atomic E-state index is 13.8. The third-order valence-corrected chi connectivity index (χ3v) is 4.17. The van der Waals surface area contributed by atoms with Crippen LogP contribution in [-0.2, 0) is 0 Å². The van der Waals surface area contributed by atoms with Crippen LogP contribution in [0.1, 0.15) is 31.4 Å². The summed E-state index contributed by atoms with van der Waals surface area (Å²) in [5.41, 5.74) is 6.07. The number of anilines is 1. The smallest absolute Gasteiger partial charge is 0.151 e. The van der Waals surface area contributed by atoms with E-state index in [1.54, 1.807) is 12.1 Å². The van der Waals surface area contributed by atoms with Gasteiger partial charge in [0.05, 0.1) is 11.8 Å². The molecular formula is C13H17FN2O. The second kappa shape index (κ2) is 3.43. The average Bonchev–Trinajstić information content (AvgIpc) is 2.74. The molecule has 3 fully saturated rings. The standard InChI is InChI=1S/C13H17FN2O/c1-13-5-7(6-13)11(16-13)12(17)8-3-2-4-9(15)10(8)14/h2-4,7,11-12,16-17H,5-6,15H2,1H3/t7?,11-,12?,13?/m0/s1. The lowest BCUT2D eigenvalue weighted by Gasteiger charge is -2.33. The molecule has 3 aliphatic rings. The zero-order valence-electron chi connectivity index (χ0n) is 9.78. The highest BCUT2D eigenvalue weighted by atomic mass is 19.1. The number of hydrogen-bond donors (Lipinski definition) is 3. The van der Waals surface area contributed by atoms with Crippen molar-refractivity contribution in [1.29, 1.82) is 0 Å². The summed E-state index contributed by atoms with van der Waals surface area (Å²) in [5.74, 6) is -0.0353. The number of halogens is 1. The van der Waals surface area contributed by atoms with Gasteiger partial charge in [-0.3, -0.25) is 0 Å². The van der Waals surface area contributed by atoms with Gasteiger partial charge in [0.1, 0.15) is 0 Å². The van der Waals surface area contributed by atoms with Crippen molar-refractivity contribution >= 4 is 5.69 Å². The average molecular weight is 236 g/mol.